The molecular weight excluding hydrogens is 240 g/mol. The first-order chi connectivity index (χ1) is 8.37. The van der Waals surface area contributed by atoms with Gasteiger partial charge in [0.1, 0.15) is 0 Å². The number of aryl methyl sites for hydroxylation is 1. The Morgan fingerprint density at radius 1 is 1.28 bits per heavy atom. The molecule has 1 N–H and O–H groups in total. The van der Waals surface area contributed by atoms with Crippen molar-refractivity contribution in [3.05, 3.63) is 15.6 Å². The Balaban J connectivity index is 2.83. The summed E-state index contributed by atoms with van der Waals surface area (Å²) in [5, 5.41) is 4.89. The second kappa shape index (κ2) is 6.67. The third-order valence-corrected chi connectivity index (χ3v) is 4.42. The summed E-state index contributed by atoms with van der Waals surface area (Å²) in [6, 6.07) is 0. The summed E-state index contributed by atoms with van der Waals surface area (Å²) >= 11 is 1.90. The molecule has 1 aromatic heterocycles. The average Bonchev–Trinajstić information content (AvgIpc) is 2.68. The number of hydrogen-bond donors (Lipinski definition) is 1. The summed E-state index contributed by atoms with van der Waals surface area (Å²) in [6.45, 7) is 14.3. The molecule has 0 aliphatic rings. The van der Waals surface area contributed by atoms with Crippen molar-refractivity contribution < 1.29 is 0 Å². The van der Waals surface area contributed by atoms with E-state index in [1.54, 1.807) is 0 Å². The van der Waals surface area contributed by atoms with Crippen molar-refractivity contribution >= 4 is 11.3 Å². The lowest BCUT2D eigenvalue weighted by atomic mass is 10.1. The van der Waals surface area contributed by atoms with E-state index in [1.807, 2.05) is 11.3 Å². The molecule has 0 radical (unpaired) electrons. The maximum absolute atomic E-state index is 4.85. The molecule has 2 nitrogen and oxygen atoms in total. The highest BCUT2D eigenvalue weighted by Crippen LogP contribution is 2.28. The summed E-state index contributed by atoms with van der Waals surface area (Å²) in [5.41, 5.74) is 1.49. The minimum absolute atomic E-state index is 0.171. The van der Waals surface area contributed by atoms with Crippen molar-refractivity contribution in [2.45, 2.75) is 78.8 Å². The Morgan fingerprint density at radius 2 is 1.94 bits per heavy atom. The maximum atomic E-state index is 4.85. The van der Waals surface area contributed by atoms with Gasteiger partial charge in [0.25, 0.3) is 0 Å². The molecule has 18 heavy (non-hydrogen) atoms. The van der Waals surface area contributed by atoms with Crippen LogP contribution in [0.15, 0.2) is 0 Å². The molecule has 1 aromatic rings. The standard InChI is InChI=1S/C15H28N2S/c1-7-9-12-13(10-16-15(4,5)6)18-14(17-12)11(3)8-2/h11,16H,7-10H2,1-6H3. The Kier molecular flexibility index (Phi) is 5.80. The molecule has 3 heteroatoms. The quantitative estimate of drug-likeness (QED) is 0.822. The monoisotopic (exact) mass is 268 g/mol. The van der Waals surface area contributed by atoms with Crippen LogP contribution in [-0.4, -0.2) is 10.5 Å². The predicted octanol–water partition coefficient (Wildman–Crippen LogP) is 4.50. The Hall–Kier alpha value is -0.410. The first-order valence-electron chi connectivity index (χ1n) is 7.10. The topological polar surface area (TPSA) is 24.9 Å². The number of hydrogen-bond acceptors (Lipinski definition) is 3. The van der Waals surface area contributed by atoms with E-state index in [0.717, 1.165) is 13.0 Å². The molecule has 1 atom stereocenters. The van der Waals surface area contributed by atoms with Crippen LogP contribution < -0.4 is 5.32 Å². The maximum Gasteiger partial charge on any atom is 0.0959 e. The predicted molar refractivity (Wildman–Crippen MR) is 81.4 cm³/mol. The molecule has 0 aliphatic heterocycles. The molecule has 1 heterocycles. The number of nitrogens with zero attached hydrogens (tertiary/aromatic N) is 1. The zero-order valence-corrected chi connectivity index (χ0v) is 13.6. The Bertz CT molecular complexity index is 363. The highest BCUT2D eigenvalue weighted by molar-refractivity contribution is 7.11. The van der Waals surface area contributed by atoms with Crippen LogP contribution in [0.2, 0.25) is 0 Å². The molecule has 0 amide bonds. The van der Waals surface area contributed by atoms with E-state index in [9.17, 15) is 0 Å². The molecule has 0 bridgehead atoms. The van der Waals surface area contributed by atoms with Crippen LogP contribution in [0.25, 0.3) is 0 Å². The second-order valence-electron chi connectivity index (χ2n) is 6.08. The molecule has 1 unspecified atom stereocenters. The van der Waals surface area contributed by atoms with Crippen molar-refractivity contribution in [3.63, 3.8) is 0 Å². The molecule has 104 valence electrons. The van der Waals surface area contributed by atoms with Gasteiger partial charge in [0.15, 0.2) is 0 Å². The first-order valence-corrected chi connectivity index (χ1v) is 7.92. The normalized spacial score (nSPS) is 13.9. The third kappa shape index (κ3) is 4.69. The zero-order valence-electron chi connectivity index (χ0n) is 12.8. The largest absolute Gasteiger partial charge is 0.307 e. The molecule has 1 rings (SSSR count). The van der Waals surface area contributed by atoms with E-state index in [-0.39, 0.29) is 5.54 Å². The Morgan fingerprint density at radius 3 is 2.44 bits per heavy atom. The molecular formula is C15H28N2S. The fourth-order valence-corrected chi connectivity index (χ4v) is 2.89. The highest BCUT2D eigenvalue weighted by atomic mass is 32.1. The van der Waals surface area contributed by atoms with Crippen LogP contribution in [0.3, 0.4) is 0 Å². The lowest BCUT2D eigenvalue weighted by Crippen LogP contribution is -2.35. The van der Waals surface area contributed by atoms with Gasteiger partial charge in [0, 0.05) is 22.9 Å². The van der Waals surface area contributed by atoms with Gasteiger partial charge >= 0.3 is 0 Å². The summed E-state index contributed by atoms with van der Waals surface area (Å²) in [4.78, 5) is 6.28. The van der Waals surface area contributed by atoms with E-state index < -0.39 is 0 Å². The van der Waals surface area contributed by atoms with Crippen molar-refractivity contribution in [3.8, 4) is 0 Å². The number of nitrogens with one attached hydrogen (secondary N) is 1. The van der Waals surface area contributed by atoms with Crippen molar-refractivity contribution in [2.75, 3.05) is 0 Å². The van der Waals surface area contributed by atoms with Crippen molar-refractivity contribution in [1.82, 2.24) is 10.3 Å². The zero-order chi connectivity index (χ0) is 13.8. The lowest BCUT2D eigenvalue weighted by molar-refractivity contribution is 0.425. The first kappa shape index (κ1) is 15.6. The number of thiazole rings is 1. The molecule has 0 fully saturated rings. The Labute approximate surface area is 116 Å². The van der Waals surface area contributed by atoms with Crippen LogP contribution in [-0.2, 0) is 13.0 Å². The van der Waals surface area contributed by atoms with E-state index >= 15 is 0 Å². The minimum Gasteiger partial charge on any atom is -0.307 e. The minimum atomic E-state index is 0.171. The van der Waals surface area contributed by atoms with Gasteiger partial charge in [-0.2, -0.15) is 0 Å². The van der Waals surface area contributed by atoms with E-state index in [4.69, 9.17) is 4.98 Å². The van der Waals surface area contributed by atoms with Crippen LogP contribution in [0.4, 0.5) is 0 Å². The summed E-state index contributed by atoms with van der Waals surface area (Å²) < 4.78 is 0. The molecule has 0 aromatic carbocycles. The van der Waals surface area contributed by atoms with E-state index in [1.165, 1.54) is 28.4 Å². The molecule has 0 saturated carbocycles. The summed E-state index contributed by atoms with van der Waals surface area (Å²) in [5.74, 6) is 0.592. The molecule has 0 spiro atoms. The van der Waals surface area contributed by atoms with Gasteiger partial charge in [-0.05, 0) is 33.6 Å². The van der Waals surface area contributed by atoms with Gasteiger partial charge in [0.05, 0.1) is 10.7 Å². The fourth-order valence-electron chi connectivity index (χ4n) is 1.70. The van der Waals surface area contributed by atoms with Crippen molar-refractivity contribution in [2.24, 2.45) is 0 Å². The van der Waals surface area contributed by atoms with Crippen LogP contribution in [0, 0.1) is 0 Å². The number of rotatable bonds is 6. The van der Waals surface area contributed by atoms with Gasteiger partial charge in [-0.3, -0.25) is 0 Å². The van der Waals surface area contributed by atoms with Crippen LogP contribution >= 0.6 is 11.3 Å². The molecule has 0 aliphatic carbocycles. The van der Waals surface area contributed by atoms with Crippen LogP contribution in [0.5, 0.6) is 0 Å². The SMILES string of the molecule is CCCc1nc(C(C)CC)sc1CNC(C)(C)C. The van der Waals surface area contributed by atoms with Gasteiger partial charge in [-0.25, -0.2) is 4.98 Å². The lowest BCUT2D eigenvalue weighted by Gasteiger charge is -2.20. The highest BCUT2D eigenvalue weighted by Gasteiger charge is 2.16. The summed E-state index contributed by atoms with van der Waals surface area (Å²) in [7, 11) is 0. The summed E-state index contributed by atoms with van der Waals surface area (Å²) in [6.07, 6.45) is 3.45. The molecule has 0 saturated heterocycles. The smallest absolute Gasteiger partial charge is 0.0959 e. The fraction of sp³-hybridized carbons (Fsp3) is 0.800. The van der Waals surface area contributed by atoms with Gasteiger partial charge in [0.2, 0.25) is 0 Å². The second-order valence-corrected chi connectivity index (χ2v) is 7.20. The van der Waals surface area contributed by atoms with Gasteiger partial charge < -0.3 is 5.32 Å². The van der Waals surface area contributed by atoms with Crippen molar-refractivity contribution in [1.29, 1.82) is 0 Å². The van der Waals surface area contributed by atoms with Gasteiger partial charge in [-0.15, -0.1) is 11.3 Å². The average molecular weight is 268 g/mol. The van der Waals surface area contributed by atoms with Gasteiger partial charge in [-0.1, -0.05) is 27.2 Å². The van der Waals surface area contributed by atoms with Crippen LogP contribution in [0.1, 0.15) is 75.9 Å². The van der Waals surface area contributed by atoms with E-state index in [2.05, 4.69) is 46.9 Å². The number of aromatic nitrogens is 1. The third-order valence-electron chi connectivity index (χ3n) is 3.09. The van der Waals surface area contributed by atoms with E-state index in [0.29, 0.717) is 5.92 Å².